The van der Waals surface area contributed by atoms with Gasteiger partial charge >= 0.3 is 17.9 Å². The Hall–Kier alpha value is -2.11. The summed E-state index contributed by atoms with van der Waals surface area (Å²) < 4.78 is 16.7. The summed E-state index contributed by atoms with van der Waals surface area (Å²) in [4.78, 5) is 37.8. The van der Waals surface area contributed by atoms with Gasteiger partial charge in [0.05, 0.1) is 0 Å². The summed E-state index contributed by atoms with van der Waals surface area (Å²) in [6.07, 6.45) is 48.7. The third-order valence-electron chi connectivity index (χ3n) is 10.4. The number of hydrogen-bond donors (Lipinski definition) is 0. The second kappa shape index (κ2) is 44.6. The first kappa shape index (κ1) is 52.9. The molecule has 0 spiro atoms. The van der Waals surface area contributed by atoms with Crippen LogP contribution in [0.15, 0.2) is 24.3 Å². The minimum absolute atomic E-state index is 0.0742. The number of carbonyl (C=O) groups excluding carboxylic acids is 3. The highest BCUT2D eigenvalue weighted by atomic mass is 16.6. The number of ether oxygens (including phenoxy) is 3. The van der Waals surface area contributed by atoms with Gasteiger partial charge in [-0.2, -0.15) is 0 Å². The number of allylic oxidation sites excluding steroid dienone is 4. The van der Waals surface area contributed by atoms with Crippen molar-refractivity contribution in [2.45, 2.75) is 258 Å². The molecular formula is C49H90O6. The zero-order chi connectivity index (χ0) is 40.1. The lowest BCUT2D eigenvalue weighted by Crippen LogP contribution is -2.30. The largest absolute Gasteiger partial charge is 0.462 e. The molecule has 0 amide bonds. The summed E-state index contributed by atoms with van der Waals surface area (Å²) in [5.74, 6) is -0.886. The molecule has 0 unspecified atom stereocenters. The molecule has 6 nitrogen and oxygen atoms in total. The van der Waals surface area contributed by atoms with Gasteiger partial charge in [-0.1, -0.05) is 186 Å². The maximum Gasteiger partial charge on any atom is 0.306 e. The molecule has 0 saturated heterocycles. The summed E-state index contributed by atoms with van der Waals surface area (Å²) in [7, 11) is 0. The van der Waals surface area contributed by atoms with Crippen LogP contribution >= 0.6 is 0 Å². The Morgan fingerprint density at radius 2 is 0.600 bits per heavy atom. The monoisotopic (exact) mass is 775 g/mol. The van der Waals surface area contributed by atoms with Crippen molar-refractivity contribution in [2.24, 2.45) is 0 Å². The molecule has 0 saturated carbocycles. The highest BCUT2D eigenvalue weighted by molar-refractivity contribution is 5.71. The van der Waals surface area contributed by atoms with Crippen LogP contribution in [0.4, 0.5) is 0 Å². The zero-order valence-corrected chi connectivity index (χ0v) is 36.7. The summed E-state index contributed by atoms with van der Waals surface area (Å²) in [6.45, 7) is 6.59. The fraction of sp³-hybridized carbons (Fsp3) is 0.857. The average Bonchev–Trinajstić information content (AvgIpc) is 3.18. The minimum Gasteiger partial charge on any atom is -0.462 e. The van der Waals surface area contributed by atoms with Gasteiger partial charge in [-0.05, 0) is 70.6 Å². The van der Waals surface area contributed by atoms with Gasteiger partial charge in [0.25, 0.3) is 0 Å². The van der Waals surface area contributed by atoms with Crippen molar-refractivity contribution in [1.82, 2.24) is 0 Å². The lowest BCUT2D eigenvalue weighted by Gasteiger charge is -2.18. The summed E-state index contributed by atoms with van der Waals surface area (Å²) in [6, 6.07) is 0. The highest BCUT2D eigenvalue weighted by Crippen LogP contribution is 2.14. The molecule has 0 fully saturated rings. The van der Waals surface area contributed by atoms with Crippen molar-refractivity contribution in [1.29, 1.82) is 0 Å². The molecule has 55 heavy (non-hydrogen) atoms. The van der Waals surface area contributed by atoms with Crippen LogP contribution in [-0.4, -0.2) is 37.2 Å². The van der Waals surface area contributed by atoms with Crippen molar-refractivity contribution in [3.8, 4) is 0 Å². The van der Waals surface area contributed by atoms with E-state index in [0.717, 1.165) is 70.6 Å². The molecule has 0 aliphatic rings. The Balaban J connectivity index is 4.38. The molecule has 0 aliphatic carbocycles. The van der Waals surface area contributed by atoms with Crippen LogP contribution in [0.2, 0.25) is 0 Å². The van der Waals surface area contributed by atoms with E-state index < -0.39 is 6.10 Å². The Bertz CT molecular complexity index is 896. The normalized spacial score (nSPS) is 12.1. The van der Waals surface area contributed by atoms with E-state index in [1.807, 2.05) is 0 Å². The fourth-order valence-electron chi connectivity index (χ4n) is 6.78. The van der Waals surface area contributed by atoms with Crippen LogP contribution in [0.25, 0.3) is 0 Å². The topological polar surface area (TPSA) is 78.9 Å². The number of carbonyl (C=O) groups is 3. The molecule has 0 aromatic carbocycles. The maximum atomic E-state index is 12.7. The third kappa shape index (κ3) is 42.9. The van der Waals surface area contributed by atoms with Crippen LogP contribution in [0.1, 0.15) is 252 Å². The molecule has 6 heteroatoms. The van der Waals surface area contributed by atoms with Crippen molar-refractivity contribution in [3.63, 3.8) is 0 Å². The van der Waals surface area contributed by atoms with Crippen LogP contribution in [0.5, 0.6) is 0 Å². The highest BCUT2D eigenvalue weighted by Gasteiger charge is 2.19. The van der Waals surface area contributed by atoms with E-state index in [-0.39, 0.29) is 31.1 Å². The quantitative estimate of drug-likeness (QED) is 0.0266. The first-order valence-electron chi connectivity index (χ1n) is 23.8. The number of unbranched alkanes of at least 4 members (excludes halogenated alkanes) is 28. The molecule has 322 valence electrons. The van der Waals surface area contributed by atoms with Crippen molar-refractivity contribution >= 4 is 17.9 Å². The van der Waals surface area contributed by atoms with Gasteiger partial charge in [0.1, 0.15) is 13.2 Å². The molecule has 1 atom stereocenters. The van der Waals surface area contributed by atoms with Crippen LogP contribution in [-0.2, 0) is 28.6 Å². The molecule has 0 aromatic heterocycles. The van der Waals surface area contributed by atoms with Gasteiger partial charge in [0.2, 0.25) is 0 Å². The van der Waals surface area contributed by atoms with E-state index in [4.69, 9.17) is 14.2 Å². The number of hydrogen-bond acceptors (Lipinski definition) is 6. The molecule has 0 aliphatic heterocycles. The first-order valence-corrected chi connectivity index (χ1v) is 23.8. The van der Waals surface area contributed by atoms with E-state index in [2.05, 4.69) is 45.1 Å². The second-order valence-electron chi connectivity index (χ2n) is 16.0. The third-order valence-corrected chi connectivity index (χ3v) is 10.4. The van der Waals surface area contributed by atoms with E-state index in [1.165, 1.54) is 141 Å². The number of esters is 3. The minimum atomic E-state index is -0.772. The predicted octanol–water partition coefficient (Wildman–Crippen LogP) is 15.2. The van der Waals surface area contributed by atoms with E-state index >= 15 is 0 Å². The van der Waals surface area contributed by atoms with Gasteiger partial charge in [0, 0.05) is 19.3 Å². The Morgan fingerprint density at radius 3 is 0.927 bits per heavy atom. The van der Waals surface area contributed by atoms with Crippen LogP contribution in [0, 0.1) is 0 Å². The van der Waals surface area contributed by atoms with Crippen molar-refractivity contribution in [2.75, 3.05) is 13.2 Å². The fourth-order valence-corrected chi connectivity index (χ4v) is 6.78. The Morgan fingerprint density at radius 1 is 0.345 bits per heavy atom. The SMILES string of the molecule is CCCCCC/C=C\CCCCCCCC(=O)OC[C@@H](COC(=O)CCCCCCCCCCCCC)OC(=O)CCCCCCC/C=C\CCCCCC. The zero-order valence-electron chi connectivity index (χ0n) is 36.7. The smallest absolute Gasteiger partial charge is 0.306 e. The molecule has 0 radical (unpaired) electrons. The molecule has 0 aromatic rings. The van der Waals surface area contributed by atoms with Crippen LogP contribution < -0.4 is 0 Å². The Kier molecular flexibility index (Phi) is 42.9. The molecule has 0 bridgehead atoms. The summed E-state index contributed by atoms with van der Waals surface area (Å²) in [5.41, 5.74) is 0. The van der Waals surface area contributed by atoms with E-state index in [1.54, 1.807) is 0 Å². The lowest BCUT2D eigenvalue weighted by atomic mass is 10.1. The van der Waals surface area contributed by atoms with Gasteiger partial charge in [-0.15, -0.1) is 0 Å². The predicted molar refractivity (Wildman–Crippen MR) is 233 cm³/mol. The summed E-state index contributed by atoms with van der Waals surface area (Å²) >= 11 is 0. The molecule has 0 N–H and O–H groups in total. The molecular weight excluding hydrogens is 685 g/mol. The first-order chi connectivity index (χ1) is 27.0. The number of rotatable bonds is 43. The molecule has 0 heterocycles. The average molecular weight is 775 g/mol. The van der Waals surface area contributed by atoms with Crippen LogP contribution in [0.3, 0.4) is 0 Å². The Labute approximate surface area is 341 Å². The maximum absolute atomic E-state index is 12.7. The standard InChI is InChI=1S/C49H90O6/c1-4-7-10-13-16-19-22-24-27-30-33-36-39-42-48(51)54-45-46(44-53-47(50)41-38-35-32-29-26-21-18-15-12-9-6-3)55-49(52)43-40-37-34-31-28-25-23-20-17-14-11-8-5-2/h19-20,22-23,46H,4-18,21,24-45H2,1-3H3/b22-19-,23-20-/t46-/m1/s1. The summed E-state index contributed by atoms with van der Waals surface area (Å²) in [5, 5.41) is 0. The van der Waals surface area contributed by atoms with Crippen molar-refractivity contribution < 1.29 is 28.6 Å². The van der Waals surface area contributed by atoms with Gasteiger partial charge in [-0.3, -0.25) is 14.4 Å². The van der Waals surface area contributed by atoms with Gasteiger partial charge < -0.3 is 14.2 Å². The van der Waals surface area contributed by atoms with Gasteiger partial charge in [0.15, 0.2) is 6.10 Å². The van der Waals surface area contributed by atoms with Gasteiger partial charge in [-0.25, -0.2) is 0 Å². The molecule has 0 rings (SSSR count). The lowest BCUT2D eigenvalue weighted by molar-refractivity contribution is -0.167. The van der Waals surface area contributed by atoms with E-state index in [9.17, 15) is 14.4 Å². The van der Waals surface area contributed by atoms with Crippen molar-refractivity contribution in [3.05, 3.63) is 24.3 Å². The van der Waals surface area contributed by atoms with E-state index in [0.29, 0.717) is 19.3 Å². The second-order valence-corrected chi connectivity index (χ2v) is 16.0.